The maximum absolute atomic E-state index is 10.9. The molecule has 1 aliphatic rings. The van der Waals surface area contributed by atoms with E-state index in [1.54, 1.807) is 18.3 Å². The molecular weight excluding hydrogens is 322 g/mol. The number of rotatable bonds is 4. The number of piperazine rings is 1. The predicted molar refractivity (Wildman–Crippen MR) is 91.2 cm³/mol. The number of non-ortho nitro benzene ring substituents is 1. The maximum atomic E-state index is 10.9. The van der Waals surface area contributed by atoms with Crippen LogP contribution >= 0.6 is 0 Å². The van der Waals surface area contributed by atoms with Gasteiger partial charge in [-0.1, -0.05) is 0 Å². The number of nitriles is 1. The van der Waals surface area contributed by atoms with E-state index in [1.165, 1.54) is 18.2 Å². The van der Waals surface area contributed by atoms with Crippen LogP contribution in [0.5, 0.6) is 5.75 Å². The van der Waals surface area contributed by atoms with Crippen LogP contribution in [0.3, 0.4) is 0 Å². The summed E-state index contributed by atoms with van der Waals surface area (Å²) in [5.41, 5.74) is 1.10. The molecule has 2 aromatic rings. The first-order valence-corrected chi connectivity index (χ1v) is 7.86. The van der Waals surface area contributed by atoms with E-state index in [-0.39, 0.29) is 11.4 Å². The fourth-order valence-electron chi connectivity index (χ4n) is 2.85. The molecule has 1 aliphatic heterocycles. The first-order valence-electron chi connectivity index (χ1n) is 7.86. The van der Waals surface area contributed by atoms with Crippen LogP contribution in [0.4, 0.5) is 11.5 Å². The highest BCUT2D eigenvalue weighted by Gasteiger charge is 2.20. The monoisotopic (exact) mass is 339 g/mol. The van der Waals surface area contributed by atoms with Crippen LogP contribution in [-0.2, 0) is 6.54 Å². The Kier molecular flexibility index (Phi) is 4.77. The minimum atomic E-state index is -0.464. The van der Waals surface area contributed by atoms with Crippen LogP contribution in [0, 0.1) is 21.4 Å². The van der Waals surface area contributed by atoms with Gasteiger partial charge in [-0.05, 0) is 18.2 Å². The summed E-state index contributed by atoms with van der Waals surface area (Å²) < 4.78 is 0. The topological polar surface area (TPSA) is 107 Å². The van der Waals surface area contributed by atoms with Crippen LogP contribution in [0.25, 0.3) is 0 Å². The second-order valence-corrected chi connectivity index (χ2v) is 5.85. The Hall–Kier alpha value is -3.18. The molecule has 1 aromatic carbocycles. The fraction of sp³-hybridized carbons (Fsp3) is 0.294. The highest BCUT2D eigenvalue weighted by molar-refractivity contribution is 5.46. The maximum Gasteiger partial charge on any atom is 0.270 e. The molecule has 128 valence electrons. The highest BCUT2D eigenvalue weighted by atomic mass is 16.6. The average Bonchev–Trinajstić information content (AvgIpc) is 2.64. The SMILES string of the molecule is N#Cc1ccnc(N2CCN(Cc3cc([N+](=O)[O-])ccc3O)CC2)c1. The van der Waals surface area contributed by atoms with Crippen molar-refractivity contribution in [2.45, 2.75) is 6.54 Å². The molecule has 0 radical (unpaired) electrons. The molecule has 8 heteroatoms. The quantitative estimate of drug-likeness (QED) is 0.669. The minimum absolute atomic E-state index is 0.0241. The fourth-order valence-corrected chi connectivity index (χ4v) is 2.85. The number of aromatic nitrogens is 1. The zero-order valence-corrected chi connectivity index (χ0v) is 13.5. The van der Waals surface area contributed by atoms with Gasteiger partial charge in [0, 0.05) is 56.6 Å². The Morgan fingerprint density at radius 1 is 1.24 bits per heavy atom. The van der Waals surface area contributed by atoms with Crippen molar-refractivity contribution in [2.24, 2.45) is 0 Å². The number of aromatic hydroxyl groups is 1. The second-order valence-electron chi connectivity index (χ2n) is 5.85. The van der Waals surface area contributed by atoms with E-state index < -0.39 is 4.92 Å². The van der Waals surface area contributed by atoms with E-state index in [0.717, 1.165) is 32.0 Å². The predicted octanol–water partition coefficient (Wildman–Crippen LogP) is 1.89. The van der Waals surface area contributed by atoms with Gasteiger partial charge in [0.1, 0.15) is 11.6 Å². The van der Waals surface area contributed by atoms with Crippen molar-refractivity contribution in [2.75, 3.05) is 31.1 Å². The summed E-state index contributed by atoms with van der Waals surface area (Å²) in [6.07, 6.45) is 1.63. The smallest absolute Gasteiger partial charge is 0.270 e. The number of nitrogens with zero attached hydrogens (tertiary/aromatic N) is 5. The molecule has 1 saturated heterocycles. The van der Waals surface area contributed by atoms with Gasteiger partial charge in [-0.15, -0.1) is 0 Å². The van der Waals surface area contributed by atoms with E-state index in [2.05, 4.69) is 20.9 Å². The third-order valence-corrected chi connectivity index (χ3v) is 4.24. The molecule has 0 amide bonds. The molecule has 0 spiro atoms. The molecule has 25 heavy (non-hydrogen) atoms. The lowest BCUT2D eigenvalue weighted by atomic mass is 10.1. The first-order chi connectivity index (χ1) is 12.1. The van der Waals surface area contributed by atoms with Gasteiger partial charge in [0.05, 0.1) is 16.6 Å². The van der Waals surface area contributed by atoms with E-state index in [9.17, 15) is 15.2 Å². The molecule has 1 N–H and O–H groups in total. The third kappa shape index (κ3) is 3.84. The summed E-state index contributed by atoms with van der Waals surface area (Å²) in [5.74, 6) is 0.841. The Bertz CT molecular complexity index is 825. The highest BCUT2D eigenvalue weighted by Crippen LogP contribution is 2.25. The Morgan fingerprint density at radius 3 is 2.68 bits per heavy atom. The number of pyridine rings is 1. The van der Waals surface area contributed by atoms with Gasteiger partial charge in [0.25, 0.3) is 5.69 Å². The number of hydrogen-bond acceptors (Lipinski definition) is 7. The number of anilines is 1. The molecule has 1 fully saturated rings. The molecule has 0 aliphatic carbocycles. The Labute approximate surface area is 144 Å². The first kappa shape index (κ1) is 16.7. The van der Waals surface area contributed by atoms with Crippen LogP contribution in [0.15, 0.2) is 36.5 Å². The lowest BCUT2D eigenvalue weighted by Crippen LogP contribution is -2.46. The van der Waals surface area contributed by atoms with Crippen LogP contribution in [0.1, 0.15) is 11.1 Å². The van der Waals surface area contributed by atoms with Gasteiger partial charge in [0.15, 0.2) is 0 Å². The van der Waals surface area contributed by atoms with E-state index >= 15 is 0 Å². The molecule has 3 rings (SSSR count). The van der Waals surface area contributed by atoms with Crippen molar-refractivity contribution < 1.29 is 10.0 Å². The Balaban J connectivity index is 1.64. The molecule has 0 atom stereocenters. The number of hydrogen-bond donors (Lipinski definition) is 1. The summed E-state index contributed by atoms with van der Waals surface area (Å²) in [4.78, 5) is 19.0. The number of phenols is 1. The molecular formula is C17H17N5O3. The van der Waals surface area contributed by atoms with Crippen molar-refractivity contribution in [3.05, 3.63) is 57.8 Å². The molecule has 1 aromatic heterocycles. The summed E-state index contributed by atoms with van der Waals surface area (Å²) in [7, 11) is 0. The van der Waals surface area contributed by atoms with Crippen molar-refractivity contribution in [3.63, 3.8) is 0 Å². The number of nitro groups is 1. The summed E-state index contributed by atoms with van der Waals surface area (Å²) in [6.45, 7) is 3.39. The molecule has 0 saturated carbocycles. The van der Waals surface area contributed by atoms with Gasteiger partial charge < -0.3 is 10.0 Å². The average molecular weight is 339 g/mol. The van der Waals surface area contributed by atoms with Crippen LogP contribution < -0.4 is 4.90 Å². The minimum Gasteiger partial charge on any atom is -0.508 e. The van der Waals surface area contributed by atoms with Crippen molar-refractivity contribution in [1.82, 2.24) is 9.88 Å². The number of nitro benzene ring substituents is 1. The lowest BCUT2D eigenvalue weighted by Gasteiger charge is -2.35. The van der Waals surface area contributed by atoms with E-state index in [1.807, 2.05) is 0 Å². The van der Waals surface area contributed by atoms with Crippen molar-refractivity contribution in [3.8, 4) is 11.8 Å². The van der Waals surface area contributed by atoms with Gasteiger partial charge in [-0.3, -0.25) is 15.0 Å². The second kappa shape index (κ2) is 7.15. The van der Waals surface area contributed by atoms with Gasteiger partial charge in [-0.25, -0.2) is 4.98 Å². The Morgan fingerprint density at radius 2 is 2.00 bits per heavy atom. The largest absolute Gasteiger partial charge is 0.508 e. The lowest BCUT2D eigenvalue weighted by molar-refractivity contribution is -0.385. The molecule has 2 heterocycles. The van der Waals surface area contributed by atoms with Crippen LogP contribution in [0.2, 0.25) is 0 Å². The van der Waals surface area contributed by atoms with Gasteiger partial charge >= 0.3 is 0 Å². The van der Waals surface area contributed by atoms with Gasteiger partial charge in [0.2, 0.25) is 0 Å². The van der Waals surface area contributed by atoms with E-state index in [4.69, 9.17) is 5.26 Å². The van der Waals surface area contributed by atoms with Gasteiger partial charge in [-0.2, -0.15) is 5.26 Å². The molecule has 0 unspecified atom stereocenters. The van der Waals surface area contributed by atoms with Crippen LogP contribution in [-0.4, -0.2) is 46.1 Å². The number of benzene rings is 1. The summed E-state index contributed by atoms with van der Waals surface area (Å²) >= 11 is 0. The molecule has 0 bridgehead atoms. The standard InChI is InChI=1S/C17H17N5O3/c18-11-13-3-4-19-17(9-13)21-7-5-20(6-8-21)12-14-10-15(22(24)25)1-2-16(14)23/h1-4,9-10,23H,5-8,12H2. The van der Waals surface area contributed by atoms with Crippen molar-refractivity contribution in [1.29, 1.82) is 5.26 Å². The zero-order chi connectivity index (χ0) is 17.8. The normalized spacial score (nSPS) is 14.9. The summed E-state index contributed by atoms with van der Waals surface area (Å²) in [6, 6.07) is 9.62. The van der Waals surface area contributed by atoms with Crippen molar-refractivity contribution >= 4 is 11.5 Å². The molecule has 8 nitrogen and oxygen atoms in total. The number of phenolic OH excluding ortho intramolecular Hbond substituents is 1. The summed E-state index contributed by atoms with van der Waals surface area (Å²) in [5, 5.41) is 29.8. The van der Waals surface area contributed by atoms with E-state index in [0.29, 0.717) is 17.7 Å². The zero-order valence-electron chi connectivity index (χ0n) is 13.5. The third-order valence-electron chi connectivity index (χ3n) is 4.24.